The fraction of sp³-hybridized carbons (Fsp3) is 0.0833. The van der Waals surface area contributed by atoms with Crippen LogP contribution in [-0.2, 0) is 6.54 Å². The molecule has 1 aromatic heterocycles. The zero-order valence-electron chi connectivity index (χ0n) is 15.9. The maximum atomic E-state index is 13.8. The van der Waals surface area contributed by atoms with Crippen molar-refractivity contribution in [2.24, 2.45) is 0 Å². The highest BCUT2D eigenvalue weighted by Crippen LogP contribution is 2.39. The van der Waals surface area contributed by atoms with Gasteiger partial charge in [0.2, 0.25) is 5.76 Å². The van der Waals surface area contributed by atoms with Crippen molar-refractivity contribution < 1.29 is 18.0 Å². The number of carbonyl (C=O) groups is 1. The van der Waals surface area contributed by atoms with Gasteiger partial charge in [-0.1, -0.05) is 40.2 Å². The van der Waals surface area contributed by atoms with Gasteiger partial charge in [0.05, 0.1) is 17.0 Å². The van der Waals surface area contributed by atoms with Gasteiger partial charge in [-0.05, 0) is 53.6 Å². The highest BCUT2D eigenvalue weighted by molar-refractivity contribution is 9.10. The lowest BCUT2D eigenvalue weighted by Gasteiger charge is -2.25. The Morgan fingerprint density at radius 2 is 1.68 bits per heavy atom. The number of carbonyl (C=O) groups excluding carboxylic acids is 1. The molecule has 1 aliphatic heterocycles. The minimum atomic E-state index is -0.728. The molecule has 0 radical (unpaired) electrons. The van der Waals surface area contributed by atoms with Gasteiger partial charge in [0.15, 0.2) is 5.43 Å². The van der Waals surface area contributed by atoms with Crippen molar-refractivity contribution in [2.45, 2.75) is 12.6 Å². The molecule has 3 aromatic carbocycles. The molecular weight excluding hydrogens is 468 g/mol. The SMILES string of the molecule is O=C1c2oc3ccc(F)cc3c(=O)c2C(c2cccc(Br)c2)N1Cc1ccc(F)cc1. The number of nitrogens with zero attached hydrogens (tertiary/aromatic N) is 1. The third kappa shape index (κ3) is 3.35. The van der Waals surface area contributed by atoms with Crippen LogP contribution in [0, 0.1) is 11.6 Å². The largest absolute Gasteiger partial charge is 0.450 e. The van der Waals surface area contributed by atoms with Gasteiger partial charge in [-0.15, -0.1) is 0 Å². The fourth-order valence-corrected chi connectivity index (χ4v) is 4.38. The van der Waals surface area contributed by atoms with E-state index in [1.807, 2.05) is 18.2 Å². The second-order valence-corrected chi connectivity index (χ2v) is 8.25. The summed E-state index contributed by atoms with van der Waals surface area (Å²) < 4.78 is 33.7. The lowest BCUT2D eigenvalue weighted by Crippen LogP contribution is -2.29. The van der Waals surface area contributed by atoms with E-state index in [0.29, 0.717) is 11.1 Å². The molecule has 5 rings (SSSR count). The predicted octanol–water partition coefficient (Wildman–Crippen LogP) is 5.58. The normalized spacial score (nSPS) is 15.5. The second kappa shape index (κ2) is 7.42. The van der Waals surface area contributed by atoms with Crippen LogP contribution in [0.5, 0.6) is 0 Å². The number of rotatable bonds is 3. The minimum Gasteiger partial charge on any atom is -0.450 e. The Balaban J connectivity index is 1.73. The summed E-state index contributed by atoms with van der Waals surface area (Å²) in [6.07, 6.45) is 0. The van der Waals surface area contributed by atoms with E-state index in [1.54, 1.807) is 18.2 Å². The predicted molar refractivity (Wildman–Crippen MR) is 115 cm³/mol. The first-order valence-electron chi connectivity index (χ1n) is 9.49. The van der Waals surface area contributed by atoms with Crippen LogP contribution in [0.3, 0.4) is 0 Å². The standard InChI is InChI=1S/C24H14BrF2NO3/c25-15-3-1-2-14(10-15)21-20-22(29)18-11-17(27)8-9-19(18)31-23(20)24(30)28(21)12-13-4-6-16(26)7-5-13/h1-11,21H,12H2. The van der Waals surface area contributed by atoms with E-state index < -0.39 is 23.2 Å². The van der Waals surface area contributed by atoms with Crippen LogP contribution in [0.15, 0.2) is 80.4 Å². The molecule has 0 spiro atoms. The number of amides is 1. The van der Waals surface area contributed by atoms with Crippen LogP contribution < -0.4 is 5.43 Å². The number of hydrogen-bond acceptors (Lipinski definition) is 3. The van der Waals surface area contributed by atoms with Gasteiger partial charge in [0.1, 0.15) is 17.2 Å². The number of hydrogen-bond donors (Lipinski definition) is 0. The Morgan fingerprint density at radius 3 is 2.42 bits per heavy atom. The van der Waals surface area contributed by atoms with Crippen LogP contribution in [0.4, 0.5) is 8.78 Å². The number of fused-ring (bicyclic) bond motifs is 2. The first kappa shape index (κ1) is 19.6. The van der Waals surface area contributed by atoms with Crippen molar-refractivity contribution in [1.29, 1.82) is 0 Å². The molecule has 7 heteroatoms. The first-order valence-corrected chi connectivity index (χ1v) is 10.3. The average Bonchev–Trinajstić information content (AvgIpc) is 3.02. The lowest BCUT2D eigenvalue weighted by molar-refractivity contribution is 0.0714. The molecule has 0 saturated heterocycles. The summed E-state index contributed by atoms with van der Waals surface area (Å²) >= 11 is 3.43. The van der Waals surface area contributed by atoms with E-state index in [4.69, 9.17) is 4.42 Å². The Morgan fingerprint density at radius 1 is 0.935 bits per heavy atom. The number of halogens is 3. The van der Waals surface area contributed by atoms with Crippen molar-refractivity contribution in [3.8, 4) is 0 Å². The third-order valence-corrected chi connectivity index (χ3v) is 5.85. The molecule has 1 atom stereocenters. The Kier molecular flexibility index (Phi) is 4.70. The average molecular weight is 482 g/mol. The first-order chi connectivity index (χ1) is 14.9. The van der Waals surface area contributed by atoms with Crippen molar-refractivity contribution >= 4 is 32.8 Å². The Labute approximate surface area is 183 Å². The molecule has 0 N–H and O–H groups in total. The van der Waals surface area contributed by atoms with E-state index in [1.165, 1.54) is 29.2 Å². The maximum Gasteiger partial charge on any atom is 0.291 e. The fourth-order valence-electron chi connectivity index (χ4n) is 3.97. The van der Waals surface area contributed by atoms with E-state index >= 15 is 0 Å². The highest BCUT2D eigenvalue weighted by atomic mass is 79.9. The van der Waals surface area contributed by atoms with Gasteiger partial charge in [-0.25, -0.2) is 8.78 Å². The van der Waals surface area contributed by atoms with Crippen LogP contribution in [0.1, 0.15) is 33.3 Å². The van der Waals surface area contributed by atoms with Crippen LogP contribution >= 0.6 is 15.9 Å². The Hall–Kier alpha value is -3.32. The lowest BCUT2D eigenvalue weighted by atomic mass is 9.98. The number of benzene rings is 3. The topological polar surface area (TPSA) is 50.5 Å². The zero-order valence-corrected chi connectivity index (χ0v) is 17.5. The van der Waals surface area contributed by atoms with Crippen molar-refractivity contribution in [3.05, 3.63) is 116 Å². The van der Waals surface area contributed by atoms with Crippen molar-refractivity contribution in [2.75, 3.05) is 0 Å². The molecule has 0 aliphatic carbocycles. The van der Waals surface area contributed by atoms with Crippen molar-refractivity contribution in [3.63, 3.8) is 0 Å². The molecule has 154 valence electrons. The molecule has 0 fully saturated rings. The summed E-state index contributed by atoms with van der Waals surface area (Å²) in [4.78, 5) is 28.2. The molecular formula is C24H14BrF2NO3. The summed E-state index contributed by atoms with van der Waals surface area (Å²) in [6.45, 7) is 0.143. The minimum absolute atomic E-state index is 0.0591. The molecule has 4 nitrogen and oxygen atoms in total. The summed E-state index contributed by atoms with van der Waals surface area (Å²) in [5, 5.41) is 0.0789. The van der Waals surface area contributed by atoms with Gasteiger partial charge in [-0.2, -0.15) is 0 Å². The quantitative estimate of drug-likeness (QED) is 0.383. The van der Waals surface area contributed by atoms with Gasteiger partial charge in [0.25, 0.3) is 5.91 Å². The highest BCUT2D eigenvalue weighted by Gasteiger charge is 2.42. The van der Waals surface area contributed by atoms with Crippen LogP contribution in [0.25, 0.3) is 11.0 Å². The zero-order chi connectivity index (χ0) is 21.7. The molecule has 2 heterocycles. The van der Waals surface area contributed by atoms with Gasteiger partial charge >= 0.3 is 0 Å². The molecule has 4 aromatic rings. The summed E-state index contributed by atoms with van der Waals surface area (Å²) in [7, 11) is 0. The van der Waals surface area contributed by atoms with Crippen molar-refractivity contribution in [1.82, 2.24) is 4.90 Å². The summed E-state index contributed by atoms with van der Waals surface area (Å²) in [6, 6.07) is 16.0. The van der Waals surface area contributed by atoms with E-state index in [9.17, 15) is 18.4 Å². The van der Waals surface area contributed by atoms with E-state index in [0.717, 1.165) is 10.5 Å². The molecule has 0 saturated carbocycles. The third-order valence-electron chi connectivity index (χ3n) is 5.36. The van der Waals surface area contributed by atoms with Gasteiger partial charge in [0, 0.05) is 11.0 Å². The molecule has 1 aliphatic rings. The molecule has 0 bridgehead atoms. The van der Waals surface area contributed by atoms with Gasteiger partial charge in [-0.3, -0.25) is 9.59 Å². The molecule has 1 amide bonds. The van der Waals surface area contributed by atoms with E-state index in [2.05, 4.69) is 15.9 Å². The Bertz CT molecular complexity index is 1400. The monoisotopic (exact) mass is 481 g/mol. The second-order valence-electron chi connectivity index (χ2n) is 7.33. The molecule has 1 unspecified atom stereocenters. The summed E-state index contributed by atoms with van der Waals surface area (Å²) in [5.74, 6) is -1.46. The summed E-state index contributed by atoms with van der Waals surface area (Å²) in [5.41, 5.74) is 1.27. The van der Waals surface area contributed by atoms with E-state index in [-0.39, 0.29) is 34.7 Å². The maximum absolute atomic E-state index is 13.8. The van der Waals surface area contributed by atoms with Gasteiger partial charge < -0.3 is 9.32 Å². The molecule has 31 heavy (non-hydrogen) atoms. The van der Waals surface area contributed by atoms with Crippen LogP contribution in [0.2, 0.25) is 0 Å². The van der Waals surface area contributed by atoms with Crippen LogP contribution in [-0.4, -0.2) is 10.8 Å². The smallest absolute Gasteiger partial charge is 0.291 e.